The van der Waals surface area contributed by atoms with Crippen LogP contribution < -0.4 is 0 Å². The smallest absolute Gasteiger partial charge is 0.110 e. The van der Waals surface area contributed by atoms with Crippen molar-refractivity contribution >= 4 is 55.6 Å². The summed E-state index contributed by atoms with van der Waals surface area (Å²) in [4.78, 5) is 4.14. The zero-order valence-corrected chi connectivity index (χ0v) is 9.07. The molecule has 0 radical (unpaired) electrons. The highest BCUT2D eigenvalue weighted by Crippen LogP contribution is 2.30. The van der Waals surface area contributed by atoms with Gasteiger partial charge >= 0.3 is 0 Å². The van der Waals surface area contributed by atoms with Gasteiger partial charge in [0.2, 0.25) is 0 Å². The lowest BCUT2D eigenvalue weighted by Crippen LogP contribution is -1.78. The van der Waals surface area contributed by atoms with E-state index in [-0.39, 0.29) is 0 Å². The number of halogens is 2. The first-order valence-electron chi connectivity index (χ1n) is 2.96. The van der Waals surface area contributed by atoms with Crippen LogP contribution in [0.25, 0.3) is 10.1 Å². The van der Waals surface area contributed by atoms with Crippen molar-refractivity contribution in [3.05, 3.63) is 26.4 Å². The van der Waals surface area contributed by atoms with E-state index in [9.17, 15) is 0 Å². The van der Waals surface area contributed by atoms with Crippen molar-refractivity contribution < 1.29 is 0 Å². The summed E-state index contributed by atoms with van der Waals surface area (Å²) < 4.78 is 2.15. The molecule has 2 heterocycles. The van der Waals surface area contributed by atoms with Gasteiger partial charge in [0, 0.05) is 11.6 Å². The average molecular weight is 296 g/mol. The number of rotatable bonds is 0. The van der Waals surface area contributed by atoms with E-state index >= 15 is 0 Å². The maximum atomic E-state index is 5.91. The molecule has 0 atom stereocenters. The highest BCUT2D eigenvalue weighted by Gasteiger charge is 2.03. The van der Waals surface area contributed by atoms with Crippen LogP contribution in [0.5, 0.6) is 0 Å². The highest BCUT2D eigenvalue weighted by atomic mass is 127. The fraction of sp³-hybridized carbons (Fsp3) is 0. The minimum absolute atomic E-state index is 0.746. The zero-order valence-electron chi connectivity index (χ0n) is 5.34. The highest BCUT2D eigenvalue weighted by molar-refractivity contribution is 14.1. The Bertz CT molecular complexity index is 362. The summed E-state index contributed by atoms with van der Waals surface area (Å²) in [5.74, 6) is 0. The lowest BCUT2D eigenvalue weighted by Gasteiger charge is -1.93. The van der Waals surface area contributed by atoms with Crippen molar-refractivity contribution in [1.29, 1.82) is 0 Å². The number of pyridine rings is 1. The molecule has 0 fully saturated rings. The first kappa shape index (κ1) is 7.76. The van der Waals surface area contributed by atoms with Gasteiger partial charge in [-0.1, -0.05) is 11.6 Å². The molecule has 0 unspecified atom stereocenters. The van der Waals surface area contributed by atoms with Crippen molar-refractivity contribution in [2.75, 3.05) is 0 Å². The number of thiophene rings is 1. The van der Waals surface area contributed by atoms with Crippen LogP contribution in [0.2, 0.25) is 5.02 Å². The Morgan fingerprint density at radius 1 is 1.55 bits per heavy atom. The Labute approximate surface area is 86.5 Å². The second-order valence-corrected chi connectivity index (χ2v) is 4.41. The van der Waals surface area contributed by atoms with Crippen LogP contribution in [0.1, 0.15) is 0 Å². The van der Waals surface area contributed by atoms with E-state index in [4.69, 9.17) is 11.6 Å². The van der Waals surface area contributed by atoms with Gasteiger partial charge in [0.05, 0.1) is 9.72 Å². The molecular formula is C7H3ClINS. The monoisotopic (exact) mass is 295 g/mol. The van der Waals surface area contributed by atoms with Gasteiger partial charge in [-0.05, 0) is 34.0 Å². The first-order valence-corrected chi connectivity index (χ1v) is 5.30. The summed E-state index contributed by atoms with van der Waals surface area (Å²) in [6.45, 7) is 0. The molecule has 2 rings (SSSR count). The molecular weight excluding hydrogens is 293 g/mol. The Balaban J connectivity index is 2.96. The second-order valence-electron chi connectivity index (χ2n) is 2.06. The van der Waals surface area contributed by atoms with E-state index in [1.54, 1.807) is 17.5 Å². The normalized spacial score (nSPS) is 10.7. The van der Waals surface area contributed by atoms with Crippen molar-refractivity contribution in [2.24, 2.45) is 0 Å². The molecule has 0 aromatic carbocycles. The van der Waals surface area contributed by atoms with Gasteiger partial charge in [0.1, 0.15) is 3.70 Å². The molecule has 0 saturated heterocycles. The number of aromatic nitrogens is 1. The number of nitrogens with zero attached hydrogens (tertiary/aromatic N) is 1. The van der Waals surface area contributed by atoms with Crippen molar-refractivity contribution in [3.8, 4) is 0 Å². The summed E-state index contributed by atoms with van der Waals surface area (Å²) in [6.07, 6.45) is 1.70. The van der Waals surface area contributed by atoms with Crippen LogP contribution in [0.15, 0.2) is 17.6 Å². The van der Waals surface area contributed by atoms with E-state index in [0.29, 0.717) is 0 Å². The maximum absolute atomic E-state index is 5.91. The molecule has 2 aromatic heterocycles. The molecule has 0 aliphatic heterocycles. The largest absolute Gasteiger partial charge is 0.248 e. The molecule has 0 aliphatic carbocycles. The van der Waals surface area contributed by atoms with Crippen molar-refractivity contribution in [1.82, 2.24) is 4.98 Å². The average Bonchev–Trinajstić information content (AvgIpc) is 2.45. The predicted molar refractivity (Wildman–Crippen MR) is 57.3 cm³/mol. The van der Waals surface area contributed by atoms with E-state index in [1.165, 1.54) is 0 Å². The quantitative estimate of drug-likeness (QED) is 0.535. The summed E-state index contributed by atoms with van der Waals surface area (Å²) in [7, 11) is 0. The fourth-order valence-electron chi connectivity index (χ4n) is 0.898. The predicted octanol–water partition coefficient (Wildman–Crippen LogP) is 3.55. The molecule has 0 saturated carbocycles. The summed E-state index contributed by atoms with van der Waals surface area (Å²) in [5.41, 5.74) is 0. The zero-order chi connectivity index (χ0) is 7.84. The van der Waals surface area contributed by atoms with Gasteiger partial charge in [0.15, 0.2) is 0 Å². The minimum Gasteiger partial charge on any atom is -0.248 e. The van der Waals surface area contributed by atoms with Crippen LogP contribution in [0.3, 0.4) is 0 Å². The summed E-state index contributed by atoms with van der Waals surface area (Å²) in [6, 6.07) is 2.04. The topological polar surface area (TPSA) is 12.9 Å². The second kappa shape index (κ2) is 2.88. The van der Waals surface area contributed by atoms with Crippen LogP contribution in [-0.2, 0) is 0 Å². The van der Waals surface area contributed by atoms with Crippen LogP contribution in [0, 0.1) is 3.70 Å². The third-order valence-electron chi connectivity index (χ3n) is 1.40. The molecule has 0 bridgehead atoms. The molecule has 0 spiro atoms. The van der Waals surface area contributed by atoms with E-state index < -0.39 is 0 Å². The molecule has 1 nitrogen and oxygen atoms in total. The molecule has 0 amide bonds. The van der Waals surface area contributed by atoms with E-state index in [2.05, 4.69) is 27.6 Å². The first-order chi connectivity index (χ1) is 5.29. The molecule has 0 aliphatic rings. The third kappa shape index (κ3) is 1.25. The van der Waals surface area contributed by atoms with Crippen LogP contribution >= 0.6 is 45.5 Å². The standard InChI is InChI=1S/C7H3ClINS/c8-5-3-10-7(9)4-1-2-11-6(4)5/h1-3H. The van der Waals surface area contributed by atoms with Crippen LogP contribution in [0.4, 0.5) is 0 Å². The lowest BCUT2D eigenvalue weighted by molar-refractivity contribution is 1.32. The fourth-order valence-corrected chi connectivity index (χ4v) is 2.75. The Hall–Kier alpha value is 0.130. The maximum Gasteiger partial charge on any atom is 0.110 e. The van der Waals surface area contributed by atoms with E-state index in [0.717, 1.165) is 18.8 Å². The molecule has 2 aromatic rings. The molecule has 56 valence electrons. The Morgan fingerprint density at radius 3 is 3.09 bits per heavy atom. The van der Waals surface area contributed by atoms with Gasteiger partial charge in [-0.15, -0.1) is 11.3 Å². The summed E-state index contributed by atoms with van der Waals surface area (Å²) >= 11 is 9.77. The van der Waals surface area contributed by atoms with E-state index in [1.807, 2.05) is 11.4 Å². The lowest BCUT2D eigenvalue weighted by atomic mass is 10.3. The molecule has 0 N–H and O–H groups in total. The van der Waals surface area contributed by atoms with Gasteiger partial charge in [-0.3, -0.25) is 0 Å². The van der Waals surface area contributed by atoms with Crippen LogP contribution in [-0.4, -0.2) is 4.98 Å². The molecule has 11 heavy (non-hydrogen) atoms. The van der Waals surface area contributed by atoms with Gasteiger partial charge < -0.3 is 0 Å². The Morgan fingerprint density at radius 2 is 2.36 bits per heavy atom. The Kier molecular flexibility index (Phi) is 2.03. The van der Waals surface area contributed by atoms with Crippen molar-refractivity contribution in [2.45, 2.75) is 0 Å². The SMILES string of the molecule is Clc1cnc(I)c2ccsc12. The number of fused-ring (bicyclic) bond motifs is 1. The molecule has 4 heteroatoms. The number of hydrogen-bond acceptors (Lipinski definition) is 2. The van der Waals surface area contributed by atoms with Gasteiger partial charge in [0.25, 0.3) is 0 Å². The minimum atomic E-state index is 0.746. The van der Waals surface area contributed by atoms with Crippen molar-refractivity contribution in [3.63, 3.8) is 0 Å². The van der Waals surface area contributed by atoms with Gasteiger partial charge in [-0.2, -0.15) is 0 Å². The number of hydrogen-bond donors (Lipinski definition) is 0. The van der Waals surface area contributed by atoms with Gasteiger partial charge in [-0.25, -0.2) is 4.98 Å². The third-order valence-corrected chi connectivity index (χ3v) is 3.60. The summed E-state index contributed by atoms with van der Waals surface area (Å²) in [5, 5.41) is 3.93.